The normalized spacial score (nSPS) is 19.9. The van der Waals surface area contributed by atoms with Crippen LogP contribution < -0.4 is 19.9 Å². The number of pyridine rings is 1. The number of hydrogen-bond acceptors (Lipinski definition) is 9. The SMILES string of the molecule is Cc1cccc(N2CCN([C@@H](c3cc4cc5c(cc4[nH]c3=O)OCO5)c3nnnn3C[C@H]3CCCO3)CC2)c1C. The molecule has 0 spiro atoms. The molecule has 4 aromatic rings. The van der Waals surface area contributed by atoms with Gasteiger partial charge in [-0.25, -0.2) is 4.68 Å². The molecule has 0 amide bonds. The predicted octanol–water partition coefficient (Wildman–Crippen LogP) is 2.95. The maximum absolute atomic E-state index is 13.7. The summed E-state index contributed by atoms with van der Waals surface area (Å²) in [5, 5.41) is 13.7. The van der Waals surface area contributed by atoms with Gasteiger partial charge in [0, 0.05) is 55.5 Å². The average Bonchev–Trinajstić information content (AvgIpc) is 3.74. The lowest BCUT2D eigenvalue weighted by Gasteiger charge is -2.40. The minimum absolute atomic E-state index is 0.0682. The zero-order valence-corrected chi connectivity index (χ0v) is 22.8. The van der Waals surface area contributed by atoms with Gasteiger partial charge in [0.25, 0.3) is 5.56 Å². The summed E-state index contributed by atoms with van der Waals surface area (Å²) in [4.78, 5) is 21.5. The Bertz CT molecular complexity index is 1600. The Labute approximate surface area is 231 Å². The molecule has 40 heavy (non-hydrogen) atoms. The van der Waals surface area contributed by atoms with Gasteiger partial charge < -0.3 is 24.1 Å². The molecule has 3 aliphatic heterocycles. The number of hydrogen-bond donors (Lipinski definition) is 1. The molecule has 3 aliphatic rings. The number of anilines is 1. The van der Waals surface area contributed by atoms with E-state index < -0.39 is 6.04 Å². The Morgan fingerprint density at radius 1 is 1.07 bits per heavy atom. The van der Waals surface area contributed by atoms with E-state index in [1.165, 1.54) is 16.8 Å². The maximum Gasteiger partial charge on any atom is 0.253 e. The largest absolute Gasteiger partial charge is 0.454 e. The van der Waals surface area contributed by atoms with Gasteiger partial charge in [0.15, 0.2) is 17.3 Å². The highest BCUT2D eigenvalue weighted by molar-refractivity contribution is 5.83. The molecule has 2 fully saturated rings. The first kappa shape index (κ1) is 25.0. The number of rotatable bonds is 6. The quantitative estimate of drug-likeness (QED) is 0.392. The second kappa shape index (κ2) is 10.2. The molecule has 0 unspecified atom stereocenters. The number of H-pyrrole nitrogens is 1. The number of nitrogens with zero attached hydrogens (tertiary/aromatic N) is 6. The van der Waals surface area contributed by atoms with Gasteiger partial charge in [-0.3, -0.25) is 9.69 Å². The molecule has 7 rings (SSSR count). The van der Waals surface area contributed by atoms with E-state index >= 15 is 0 Å². The fourth-order valence-corrected chi connectivity index (χ4v) is 6.13. The molecular formula is C29H33N7O4. The number of benzene rings is 2. The van der Waals surface area contributed by atoms with Crippen LogP contribution in [0.5, 0.6) is 11.5 Å². The van der Waals surface area contributed by atoms with Crippen LogP contribution in [0.4, 0.5) is 5.69 Å². The van der Waals surface area contributed by atoms with Crippen molar-refractivity contribution in [2.45, 2.75) is 45.4 Å². The van der Waals surface area contributed by atoms with Gasteiger partial charge in [0.05, 0.1) is 18.2 Å². The summed E-state index contributed by atoms with van der Waals surface area (Å²) in [5.41, 5.74) is 5.00. The first-order valence-corrected chi connectivity index (χ1v) is 13.9. The monoisotopic (exact) mass is 543 g/mol. The molecule has 11 nitrogen and oxygen atoms in total. The first-order chi connectivity index (χ1) is 19.5. The highest BCUT2D eigenvalue weighted by atomic mass is 16.7. The molecular weight excluding hydrogens is 510 g/mol. The molecule has 2 aromatic carbocycles. The topological polar surface area (TPSA) is 111 Å². The number of fused-ring (bicyclic) bond motifs is 2. The molecule has 2 saturated heterocycles. The number of piperazine rings is 1. The van der Waals surface area contributed by atoms with Crippen molar-refractivity contribution >= 4 is 16.6 Å². The molecule has 1 N–H and O–H groups in total. The fraction of sp³-hybridized carbons (Fsp3) is 0.448. The summed E-state index contributed by atoms with van der Waals surface area (Å²) < 4.78 is 18.8. The molecule has 0 bridgehead atoms. The summed E-state index contributed by atoms with van der Waals surface area (Å²) >= 11 is 0. The minimum atomic E-state index is -0.421. The van der Waals surface area contributed by atoms with Gasteiger partial charge in [0.1, 0.15) is 6.04 Å². The minimum Gasteiger partial charge on any atom is -0.454 e. The Morgan fingerprint density at radius 2 is 1.90 bits per heavy atom. The van der Waals surface area contributed by atoms with Gasteiger partial charge >= 0.3 is 0 Å². The first-order valence-electron chi connectivity index (χ1n) is 13.9. The van der Waals surface area contributed by atoms with Crippen LogP contribution in [0.1, 0.15) is 41.4 Å². The van der Waals surface area contributed by atoms with Crippen molar-refractivity contribution in [3.63, 3.8) is 0 Å². The Balaban J connectivity index is 1.26. The van der Waals surface area contributed by atoms with Crippen molar-refractivity contribution in [3.8, 4) is 11.5 Å². The zero-order chi connectivity index (χ0) is 27.2. The summed E-state index contributed by atoms with van der Waals surface area (Å²) in [6, 6.07) is 11.7. The number of ether oxygens (including phenoxy) is 3. The van der Waals surface area contributed by atoms with E-state index in [0.717, 1.165) is 51.0 Å². The number of tetrazole rings is 1. The van der Waals surface area contributed by atoms with Gasteiger partial charge in [-0.1, -0.05) is 12.1 Å². The van der Waals surface area contributed by atoms with E-state index in [2.05, 4.69) is 62.4 Å². The van der Waals surface area contributed by atoms with Crippen molar-refractivity contribution in [3.05, 3.63) is 69.3 Å². The molecule has 11 heteroatoms. The maximum atomic E-state index is 13.7. The Hall–Kier alpha value is -3.96. The summed E-state index contributed by atoms with van der Waals surface area (Å²) in [7, 11) is 0. The van der Waals surface area contributed by atoms with E-state index in [0.29, 0.717) is 34.9 Å². The lowest BCUT2D eigenvalue weighted by molar-refractivity contribution is 0.0906. The number of nitrogens with one attached hydrogen (secondary N) is 1. The summed E-state index contributed by atoms with van der Waals surface area (Å²) in [6.45, 7) is 8.99. The van der Waals surface area contributed by atoms with Crippen LogP contribution in [0.25, 0.3) is 10.9 Å². The summed E-state index contributed by atoms with van der Waals surface area (Å²) in [6.07, 6.45) is 2.08. The predicted molar refractivity (Wildman–Crippen MR) is 149 cm³/mol. The van der Waals surface area contributed by atoms with Crippen LogP contribution >= 0.6 is 0 Å². The zero-order valence-electron chi connectivity index (χ0n) is 22.8. The Morgan fingerprint density at radius 3 is 2.70 bits per heavy atom. The third kappa shape index (κ3) is 4.48. The van der Waals surface area contributed by atoms with E-state index in [1.807, 2.05) is 22.9 Å². The van der Waals surface area contributed by atoms with E-state index in [9.17, 15) is 4.79 Å². The molecule has 5 heterocycles. The van der Waals surface area contributed by atoms with Crippen LogP contribution in [-0.2, 0) is 11.3 Å². The van der Waals surface area contributed by atoms with Crippen LogP contribution in [0.15, 0.2) is 41.2 Å². The van der Waals surface area contributed by atoms with Gasteiger partial charge in [-0.05, 0) is 66.4 Å². The number of aromatic nitrogens is 5. The lowest BCUT2D eigenvalue weighted by atomic mass is 10.0. The number of aryl methyl sites for hydroxylation is 1. The highest BCUT2D eigenvalue weighted by Gasteiger charge is 2.34. The molecule has 2 atom stereocenters. The smallest absolute Gasteiger partial charge is 0.253 e. The Kier molecular flexibility index (Phi) is 6.39. The van der Waals surface area contributed by atoms with Gasteiger partial charge in [0.2, 0.25) is 6.79 Å². The standard InChI is InChI=1S/C29H33N7O4/c1-18-5-3-7-24(19(18)2)34-8-10-35(11-9-34)27(28-31-32-33-36(28)16-21-6-4-12-38-21)22-13-20-14-25-26(40-17-39-25)15-23(20)30-29(22)37/h3,5,7,13-15,21,27H,4,6,8-12,16-17H2,1-2H3,(H,30,37)/t21-,27+/m1/s1. The molecule has 0 aliphatic carbocycles. The lowest BCUT2D eigenvalue weighted by Crippen LogP contribution is -2.49. The van der Waals surface area contributed by atoms with Crippen molar-refractivity contribution in [1.29, 1.82) is 0 Å². The van der Waals surface area contributed by atoms with Crippen molar-refractivity contribution < 1.29 is 14.2 Å². The van der Waals surface area contributed by atoms with Gasteiger partial charge in [-0.2, -0.15) is 0 Å². The van der Waals surface area contributed by atoms with Crippen LogP contribution in [0.3, 0.4) is 0 Å². The van der Waals surface area contributed by atoms with Crippen molar-refractivity contribution in [1.82, 2.24) is 30.1 Å². The second-order valence-corrected chi connectivity index (χ2v) is 10.8. The average molecular weight is 544 g/mol. The van der Waals surface area contributed by atoms with Crippen LogP contribution in [0, 0.1) is 13.8 Å². The third-order valence-electron chi connectivity index (χ3n) is 8.46. The molecule has 2 aromatic heterocycles. The molecule has 208 valence electrons. The number of aromatic amines is 1. The second-order valence-electron chi connectivity index (χ2n) is 10.8. The van der Waals surface area contributed by atoms with Crippen LogP contribution in [0.2, 0.25) is 0 Å². The summed E-state index contributed by atoms with van der Waals surface area (Å²) in [5.74, 6) is 1.96. The van der Waals surface area contributed by atoms with Crippen molar-refractivity contribution in [2.24, 2.45) is 0 Å². The van der Waals surface area contributed by atoms with E-state index in [-0.39, 0.29) is 18.5 Å². The van der Waals surface area contributed by atoms with E-state index in [4.69, 9.17) is 14.2 Å². The van der Waals surface area contributed by atoms with Gasteiger partial charge in [-0.15, -0.1) is 5.10 Å². The fourth-order valence-electron chi connectivity index (χ4n) is 6.13. The third-order valence-corrected chi connectivity index (χ3v) is 8.46. The van der Waals surface area contributed by atoms with E-state index in [1.54, 1.807) is 0 Å². The van der Waals surface area contributed by atoms with Crippen molar-refractivity contribution in [2.75, 3.05) is 44.5 Å². The van der Waals surface area contributed by atoms with Crippen LogP contribution in [-0.4, -0.2) is 75.8 Å². The molecule has 0 radical (unpaired) electrons. The molecule has 0 saturated carbocycles. The highest BCUT2D eigenvalue weighted by Crippen LogP contribution is 2.37.